The molecule has 0 aliphatic carbocycles. The highest BCUT2D eigenvalue weighted by atomic mass is 19.2. The number of carbonyl (C=O) groups is 1. The van der Waals surface area contributed by atoms with Crippen LogP contribution >= 0.6 is 0 Å². The average molecular weight is 202 g/mol. The fourth-order valence-electron chi connectivity index (χ4n) is 0.897. The van der Waals surface area contributed by atoms with Gasteiger partial charge in [0.05, 0.1) is 0 Å². The molecule has 0 amide bonds. The van der Waals surface area contributed by atoms with Crippen LogP contribution in [-0.2, 0) is 16.1 Å². The lowest BCUT2D eigenvalue weighted by atomic mass is 10.2. The van der Waals surface area contributed by atoms with Gasteiger partial charge in [0.25, 0.3) is 0 Å². The predicted molar refractivity (Wildman–Crippen MR) is 43.5 cm³/mol. The standard InChI is InChI=1S/C9H8F2O3/c1-5(12)14-4-6-2-7(10)9(11)8(13)3-6/h2-3,13H,4H2,1H3. The summed E-state index contributed by atoms with van der Waals surface area (Å²) in [7, 11) is 0. The molecule has 0 fully saturated rings. The van der Waals surface area contributed by atoms with E-state index in [-0.39, 0.29) is 12.2 Å². The van der Waals surface area contributed by atoms with Gasteiger partial charge < -0.3 is 9.84 Å². The third-order valence-corrected chi connectivity index (χ3v) is 1.51. The van der Waals surface area contributed by atoms with Crippen molar-refractivity contribution in [2.75, 3.05) is 0 Å². The zero-order valence-electron chi connectivity index (χ0n) is 7.38. The van der Waals surface area contributed by atoms with E-state index in [1.165, 1.54) is 6.92 Å². The first-order valence-electron chi connectivity index (χ1n) is 3.81. The fourth-order valence-corrected chi connectivity index (χ4v) is 0.897. The van der Waals surface area contributed by atoms with E-state index in [0.29, 0.717) is 0 Å². The van der Waals surface area contributed by atoms with Gasteiger partial charge in [-0.2, -0.15) is 4.39 Å². The van der Waals surface area contributed by atoms with Gasteiger partial charge >= 0.3 is 5.97 Å². The summed E-state index contributed by atoms with van der Waals surface area (Å²) in [6, 6.07) is 1.86. The quantitative estimate of drug-likeness (QED) is 0.743. The van der Waals surface area contributed by atoms with E-state index in [2.05, 4.69) is 4.74 Å². The van der Waals surface area contributed by atoms with Crippen LogP contribution in [0.25, 0.3) is 0 Å². The van der Waals surface area contributed by atoms with E-state index < -0.39 is 23.4 Å². The van der Waals surface area contributed by atoms with Gasteiger partial charge in [0.15, 0.2) is 17.4 Å². The second-order valence-corrected chi connectivity index (χ2v) is 2.69. The van der Waals surface area contributed by atoms with E-state index in [9.17, 15) is 13.6 Å². The molecule has 76 valence electrons. The van der Waals surface area contributed by atoms with Crippen molar-refractivity contribution in [2.45, 2.75) is 13.5 Å². The van der Waals surface area contributed by atoms with Crippen molar-refractivity contribution in [1.82, 2.24) is 0 Å². The average Bonchev–Trinajstić information content (AvgIpc) is 2.10. The van der Waals surface area contributed by atoms with Crippen molar-refractivity contribution in [1.29, 1.82) is 0 Å². The number of benzene rings is 1. The fraction of sp³-hybridized carbons (Fsp3) is 0.222. The molecular weight excluding hydrogens is 194 g/mol. The summed E-state index contributed by atoms with van der Waals surface area (Å²) in [5.74, 6) is -3.81. The van der Waals surface area contributed by atoms with Gasteiger partial charge in [-0.3, -0.25) is 4.79 Å². The van der Waals surface area contributed by atoms with Gasteiger partial charge in [0, 0.05) is 6.92 Å². The molecule has 0 radical (unpaired) electrons. The highest BCUT2D eigenvalue weighted by molar-refractivity contribution is 5.65. The van der Waals surface area contributed by atoms with Crippen LogP contribution < -0.4 is 0 Å². The normalized spacial score (nSPS) is 9.93. The molecule has 0 unspecified atom stereocenters. The Morgan fingerprint density at radius 1 is 1.50 bits per heavy atom. The molecule has 1 aromatic carbocycles. The highest BCUT2D eigenvalue weighted by Crippen LogP contribution is 2.20. The third-order valence-electron chi connectivity index (χ3n) is 1.51. The number of aromatic hydroxyl groups is 1. The molecule has 0 spiro atoms. The number of ether oxygens (including phenoxy) is 1. The van der Waals surface area contributed by atoms with Crippen LogP contribution in [0, 0.1) is 11.6 Å². The lowest BCUT2D eigenvalue weighted by Crippen LogP contribution is -1.99. The molecule has 3 nitrogen and oxygen atoms in total. The number of halogens is 2. The SMILES string of the molecule is CC(=O)OCc1cc(O)c(F)c(F)c1. The Labute approximate surface area is 78.9 Å². The molecule has 0 aliphatic rings. The van der Waals surface area contributed by atoms with E-state index in [1.54, 1.807) is 0 Å². The zero-order valence-corrected chi connectivity index (χ0v) is 7.38. The van der Waals surface area contributed by atoms with Crippen LogP contribution in [0.15, 0.2) is 12.1 Å². The largest absolute Gasteiger partial charge is 0.505 e. The van der Waals surface area contributed by atoms with Crippen molar-refractivity contribution in [3.05, 3.63) is 29.3 Å². The van der Waals surface area contributed by atoms with E-state index in [0.717, 1.165) is 12.1 Å². The first-order valence-corrected chi connectivity index (χ1v) is 3.81. The molecule has 0 heterocycles. The predicted octanol–water partition coefficient (Wildman–Crippen LogP) is 1.73. The van der Waals surface area contributed by atoms with E-state index >= 15 is 0 Å². The summed E-state index contributed by atoms with van der Waals surface area (Å²) >= 11 is 0. The summed E-state index contributed by atoms with van der Waals surface area (Å²) in [6.07, 6.45) is 0. The van der Waals surface area contributed by atoms with Crippen molar-refractivity contribution < 1.29 is 23.4 Å². The maximum atomic E-state index is 12.7. The smallest absolute Gasteiger partial charge is 0.302 e. The Morgan fingerprint density at radius 3 is 2.64 bits per heavy atom. The monoisotopic (exact) mass is 202 g/mol. The second kappa shape index (κ2) is 4.04. The Morgan fingerprint density at radius 2 is 2.14 bits per heavy atom. The zero-order chi connectivity index (χ0) is 10.7. The number of rotatable bonds is 2. The summed E-state index contributed by atoms with van der Waals surface area (Å²) in [5, 5.41) is 8.89. The Hall–Kier alpha value is -1.65. The lowest BCUT2D eigenvalue weighted by molar-refractivity contribution is -0.142. The van der Waals surface area contributed by atoms with Gasteiger partial charge in [0.2, 0.25) is 0 Å². The van der Waals surface area contributed by atoms with Gasteiger partial charge in [-0.1, -0.05) is 0 Å². The molecular formula is C9H8F2O3. The number of hydrogen-bond acceptors (Lipinski definition) is 3. The summed E-state index contributed by atoms with van der Waals surface area (Å²) in [5.41, 5.74) is 0.191. The number of phenols is 1. The number of hydrogen-bond donors (Lipinski definition) is 1. The van der Waals surface area contributed by atoms with Crippen molar-refractivity contribution >= 4 is 5.97 Å². The number of esters is 1. The first-order chi connectivity index (χ1) is 6.50. The minimum Gasteiger partial charge on any atom is -0.505 e. The minimum absolute atomic E-state index is 0.191. The Kier molecular flexibility index (Phi) is 3.01. The molecule has 0 atom stereocenters. The van der Waals surface area contributed by atoms with Crippen LogP contribution in [0.5, 0.6) is 5.75 Å². The van der Waals surface area contributed by atoms with Gasteiger partial charge in [-0.05, 0) is 17.7 Å². The third kappa shape index (κ3) is 2.42. The van der Waals surface area contributed by atoms with Crippen molar-refractivity contribution in [3.63, 3.8) is 0 Å². The minimum atomic E-state index is -1.31. The van der Waals surface area contributed by atoms with Crippen LogP contribution in [0.2, 0.25) is 0 Å². The van der Waals surface area contributed by atoms with Crippen LogP contribution in [0.4, 0.5) is 8.78 Å². The maximum Gasteiger partial charge on any atom is 0.302 e. The Balaban J connectivity index is 2.84. The lowest BCUT2D eigenvalue weighted by Gasteiger charge is -2.04. The van der Waals surface area contributed by atoms with E-state index in [1.807, 2.05) is 0 Å². The maximum absolute atomic E-state index is 12.7. The second-order valence-electron chi connectivity index (χ2n) is 2.69. The topological polar surface area (TPSA) is 46.5 Å². The van der Waals surface area contributed by atoms with Crippen LogP contribution in [-0.4, -0.2) is 11.1 Å². The molecule has 0 aliphatic heterocycles. The van der Waals surface area contributed by atoms with Crippen LogP contribution in [0.3, 0.4) is 0 Å². The molecule has 1 aromatic rings. The molecule has 1 N–H and O–H groups in total. The molecule has 14 heavy (non-hydrogen) atoms. The van der Waals surface area contributed by atoms with Gasteiger partial charge in [0.1, 0.15) is 6.61 Å². The summed E-state index contributed by atoms with van der Waals surface area (Å²) in [4.78, 5) is 10.4. The van der Waals surface area contributed by atoms with Gasteiger partial charge in [-0.15, -0.1) is 0 Å². The molecule has 1 rings (SSSR count). The highest BCUT2D eigenvalue weighted by Gasteiger charge is 2.10. The number of phenolic OH excluding ortho intramolecular Hbond substituents is 1. The van der Waals surface area contributed by atoms with Crippen molar-refractivity contribution in [3.8, 4) is 5.75 Å². The Bertz CT molecular complexity index is 340. The van der Waals surface area contributed by atoms with E-state index in [4.69, 9.17) is 5.11 Å². The van der Waals surface area contributed by atoms with Crippen LogP contribution in [0.1, 0.15) is 12.5 Å². The van der Waals surface area contributed by atoms with Gasteiger partial charge in [-0.25, -0.2) is 4.39 Å². The number of carbonyl (C=O) groups excluding carboxylic acids is 1. The molecule has 5 heteroatoms. The molecule has 0 aromatic heterocycles. The summed E-state index contributed by atoms with van der Waals surface area (Å²) < 4.78 is 29.8. The summed E-state index contributed by atoms with van der Waals surface area (Å²) in [6.45, 7) is 1.000. The molecule has 0 bridgehead atoms. The molecule has 0 saturated heterocycles. The van der Waals surface area contributed by atoms with Crippen molar-refractivity contribution in [2.24, 2.45) is 0 Å². The first kappa shape index (κ1) is 10.4. The molecule has 0 saturated carbocycles.